The molecule has 0 aliphatic rings. The quantitative estimate of drug-likeness (QED) is 0.120. The lowest BCUT2D eigenvalue weighted by Gasteiger charge is -2.09. The van der Waals surface area contributed by atoms with Gasteiger partial charge >= 0.3 is 0 Å². The summed E-state index contributed by atoms with van der Waals surface area (Å²) in [5.41, 5.74) is 6.48. The molecule has 0 spiro atoms. The topological polar surface area (TPSA) is 140 Å². The molecule has 6 aromatic rings. The van der Waals surface area contributed by atoms with E-state index in [1.807, 2.05) is 61.5 Å². The molecular weight excluding hydrogens is 644 g/mol. The van der Waals surface area contributed by atoms with Gasteiger partial charge in [0.2, 0.25) is 11.8 Å². The second-order valence-corrected chi connectivity index (χ2v) is 12.1. The molecule has 2 aromatic heterocycles. The molecule has 49 heavy (non-hydrogen) atoms. The second kappa shape index (κ2) is 15.0. The van der Waals surface area contributed by atoms with Crippen molar-refractivity contribution in [2.75, 3.05) is 25.5 Å². The van der Waals surface area contributed by atoms with Crippen molar-refractivity contribution in [2.45, 2.75) is 32.6 Å². The van der Waals surface area contributed by atoms with E-state index in [4.69, 9.17) is 21.0 Å². The normalized spacial score (nSPS) is 11.1. The van der Waals surface area contributed by atoms with Gasteiger partial charge < -0.3 is 20.7 Å². The van der Waals surface area contributed by atoms with Gasteiger partial charge in [-0.05, 0) is 108 Å². The Morgan fingerprint density at radius 1 is 0.857 bits per heavy atom. The van der Waals surface area contributed by atoms with Gasteiger partial charge in [0.05, 0.1) is 31.2 Å². The Morgan fingerprint density at radius 2 is 1.57 bits per heavy atom. The molecule has 0 aliphatic heterocycles. The average Bonchev–Trinajstić information content (AvgIpc) is 3.70. The highest BCUT2D eigenvalue weighted by Gasteiger charge is 2.22. The van der Waals surface area contributed by atoms with Crippen LogP contribution in [0.15, 0.2) is 89.6 Å². The number of carbonyl (C=O) groups excluding carboxylic acids is 3. The van der Waals surface area contributed by atoms with E-state index < -0.39 is 0 Å². The molecule has 2 heterocycles. The summed E-state index contributed by atoms with van der Waals surface area (Å²) in [7, 11) is 1.58. The Bertz CT molecular complexity index is 2120. The van der Waals surface area contributed by atoms with Gasteiger partial charge in [-0.15, -0.1) is 0 Å². The molecule has 0 unspecified atom stereocenters. The number of hydrogen-bond donors (Lipinski definition) is 3. The number of fused-ring (bicyclic) bond motifs is 2. The van der Waals surface area contributed by atoms with Gasteiger partial charge in [0.1, 0.15) is 11.3 Å². The fraction of sp³-hybridized carbons (Fsp3) is 0.216. The Kier molecular flexibility index (Phi) is 10.2. The molecule has 2 amide bonds. The molecule has 3 N–H and O–H groups in total. The van der Waals surface area contributed by atoms with E-state index in [1.165, 1.54) is 0 Å². The number of hydrogen-bond acceptors (Lipinski definition) is 8. The lowest BCUT2D eigenvalue weighted by molar-refractivity contribution is -0.121. The van der Waals surface area contributed by atoms with Crippen molar-refractivity contribution in [1.82, 2.24) is 25.5 Å². The van der Waals surface area contributed by atoms with Crippen molar-refractivity contribution in [1.29, 1.82) is 0 Å². The Hall–Kier alpha value is -5.68. The molecule has 0 aliphatic carbocycles. The number of carbonyl (C=O) groups is 3. The first-order valence-corrected chi connectivity index (χ1v) is 16.3. The van der Waals surface area contributed by atoms with Crippen LogP contribution in [0.1, 0.15) is 40.0 Å². The largest absolute Gasteiger partial charge is 0.497 e. The van der Waals surface area contributed by atoms with Gasteiger partial charge in [-0.3, -0.25) is 19.0 Å². The molecule has 0 saturated carbocycles. The van der Waals surface area contributed by atoms with Gasteiger partial charge in [-0.2, -0.15) is 0 Å². The summed E-state index contributed by atoms with van der Waals surface area (Å²) in [5.74, 6) is 0.206. The van der Waals surface area contributed by atoms with E-state index in [1.54, 1.807) is 42.0 Å². The van der Waals surface area contributed by atoms with Gasteiger partial charge in [0, 0.05) is 40.4 Å². The molecule has 0 radical (unpaired) electrons. The van der Waals surface area contributed by atoms with Crippen LogP contribution in [0.3, 0.4) is 0 Å². The summed E-state index contributed by atoms with van der Waals surface area (Å²) >= 11 is 6.03. The number of halogens is 1. The van der Waals surface area contributed by atoms with Crippen molar-refractivity contribution in [3.8, 4) is 5.75 Å². The van der Waals surface area contributed by atoms with E-state index in [2.05, 4.69) is 26.3 Å². The summed E-state index contributed by atoms with van der Waals surface area (Å²) < 4.78 is 11.9. The number of nitrogens with one attached hydrogen (secondary N) is 3. The van der Waals surface area contributed by atoms with Crippen LogP contribution in [0.25, 0.3) is 21.9 Å². The van der Waals surface area contributed by atoms with E-state index in [0.29, 0.717) is 64.5 Å². The monoisotopic (exact) mass is 678 g/mol. The molecule has 0 bridgehead atoms. The number of benzene rings is 4. The number of nitrogens with zero attached hydrogens (tertiary/aromatic N) is 3. The average molecular weight is 679 g/mol. The van der Waals surface area contributed by atoms with Crippen molar-refractivity contribution in [2.24, 2.45) is 0 Å². The molecule has 250 valence electrons. The maximum atomic E-state index is 13.5. The lowest BCUT2D eigenvalue weighted by Crippen LogP contribution is -2.29. The van der Waals surface area contributed by atoms with E-state index >= 15 is 0 Å². The number of ether oxygens (including phenoxy) is 1. The van der Waals surface area contributed by atoms with Crippen LogP contribution < -0.4 is 20.7 Å². The Balaban J connectivity index is 0.964. The number of methoxy groups -OCH3 is 1. The number of aromatic nitrogens is 3. The summed E-state index contributed by atoms with van der Waals surface area (Å²) in [6.07, 6.45) is 1.78. The minimum atomic E-state index is -0.206. The van der Waals surface area contributed by atoms with Crippen LogP contribution in [0.5, 0.6) is 5.75 Å². The second-order valence-electron chi connectivity index (χ2n) is 11.6. The summed E-state index contributed by atoms with van der Waals surface area (Å²) in [4.78, 5) is 39.1. The van der Waals surface area contributed by atoms with Crippen molar-refractivity contribution in [3.63, 3.8) is 0 Å². The molecule has 4 aromatic carbocycles. The van der Waals surface area contributed by atoms with Crippen molar-refractivity contribution in [3.05, 3.63) is 112 Å². The van der Waals surface area contributed by atoms with Crippen LogP contribution in [-0.4, -0.2) is 52.8 Å². The molecule has 0 saturated heterocycles. The Morgan fingerprint density at radius 3 is 2.29 bits per heavy atom. The predicted molar refractivity (Wildman–Crippen MR) is 189 cm³/mol. The van der Waals surface area contributed by atoms with Crippen molar-refractivity contribution >= 4 is 62.6 Å². The molecular formula is C37H35ClN6O5. The molecule has 12 heteroatoms. The van der Waals surface area contributed by atoms with Crippen LogP contribution >= 0.6 is 11.6 Å². The van der Waals surface area contributed by atoms with Crippen LogP contribution in [0.4, 0.5) is 11.4 Å². The maximum Gasteiger partial charge on any atom is 0.262 e. The smallest absolute Gasteiger partial charge is 0.262 e. The predicted octanol–water partition coefficient (Wildman–Crippen LogP) is 6.38. The first-order valence-electron chi connectivity index (χ1n) is 15.9. The first-order chi connectivity index (χ1) is 23.8. The Labute approximate surface area is 287 Å². The summed E-state index contributed by atoms with van der Waals surface area (Å²) in [6.45, 7) is 2.81. The molecule has 11 nitrogen and oxygen atoms in total. The fourth-order valence-corrected chi connectivity index (χ4v) is 5.87. The van der Waals surface area contributed by atoms with E-state index in [9.17, 15) is 14.4 Å². The lowest BCUT2D eigenvalue weighted by atomic mass is 10.1. The minimum Gasteiger partial charge on any atom is -0.497 e. The molecule has 0 atom stereocenters. The van der Waals surface area contributed by atoms with Crippen molar-refractivity contribution < 1.29 is 23.7 Å². The zero-order valence-electron chi connectivity index (χ0n) is 27.1. The first kappa shape index (κ1) is 33.2. The van der Waals surface area contributed by atoms with E-state index in [-0.39, 0.29) is 30.6 Å². The molecule has 6 rings (SSSR count). The number of unbranched alkanes of at least 4 members (excludes halogenated alkanes) is 1. The third kappa shape index (κ3) is 7.73. The third-order valence-electron chi connectivity index (χ3n) is 8.31. The highest BCUT2D eigenvalue weighted by molar-refractivity contribution is 6.30. The highest BCUT2D eigenvalue weighted by atomic mass is 35.5. The van der Waals surface area contributed by atoms with Crippen LogP contribution in [-0.2, 0) is 22.4 Å². The third-order valence-corrected chi connectivity index (χ3v) is 8.56. The minimum absolute atomic E-state index is 0.0707. The van der Waals surface area contributed by atoms with Crippen LogP contribution in [0, 0.1) is 6.92 Å². The van der Waals surface area contributed by atoms with Crippen LogP contribution in [0.2, 0.25) is 5.02 Å². The van der Waals surface area contributed by atoms with Gasteiger partial charge in [0.15, 0.2) is 5.52 Å². The van der Waals surface area contributed by atoms with Gasteiger partial charge in [-0.25, -0.2) is 4.63 Å². The summed E-state index contributed by atoms with van der Waals surface area (Å²) in [5, 5.41) is 18.4. The number of anilines is 2. The number of rotatable bonds is 13. The summed E-state index contributed by atoms with van der Waals surface area (Å²) in [6, 6.07) is 25.4. The van der Waals surface area contributed by atoms with Gasteiger partial charge in [-0.1, -0.05) is 29.8 Å². The van der Waals surface area contributed by atoms with Gasteiger partial charge in [0.25, 0.3) is 5.91 Å². The van der Waals surface area contributed by atoms with E-state index in [0.717, 1.165) is 27.9 Å². The fourth-order valence-electron chi connectivity index (χ4n) is 5.74. The molecule has 0 fully saturated rings. The SMILES string of the molecule is COc1ccc2c(c1)c(CC(=O)NCCCCNC(=O)Cc1ccc(Nc3cccc4nonc34)cc1)c(C)n2C(=O)c1ccc(Cl)cc1. The highest BCUT2D eigenvalue weighted by Crippen LogP contribution is 2.31. The maximum absolute atomic E-state index is 13.5. The number of amides is 2. The zero-order chi connectivity index (χ0) is 34.3. The zero-order valence-corrected chi connectivity index (χ0v) is 27.8. The standard InChI is InChI=1S/C37H35ClN6O5/c1-23-29(30-21-28(48-2)16-17-33(30)44(23)37(47)25-10-12-26(38)13-11-25)22-35(46)40-19-4-3-18-39-34(45)20-24-8-14-27(15-9-24)41-31-6-5-7-32-36(31)43-49-42-32/h5-17,21,41H,3-4,18-20,22H2,1-2H3,(H,39,45)(H,40,46).